The van der Waals surface area contributed by atoms with E-state index in [1.165, 1.54) is 5.56 Å². The van der Waals surface area contributed by atoms with E-state index in [0.29, 0.717) is 31.5 Å². The van der Waals surface area contributed by atoms with Crippen LogP contribution in [0, 0.1) is 13.5 Å². The highest BCUT2D eigenvalue weighted by molar-refractivity contribution is 5.79. The van der Waals surface area contributed by atoms with Gasteiger partial charge in [0.25, 0.3) is 5.54 Å². The third-order valence-corrected chi connectivity index (χ3v) is 3.44. The van der Waals surface area contributed by atoms with Crippen molar-refractivity contribution in [1.82, 2.24) is 0 Å². The van der Waals surface area contributed by atoms with E-state index in [1.807, 2.05) is 31.2 Å². The smallest absolute Gasteiger partial charge is 0.258 e. The Hall–Kier alpha value is -1.62. The summed E-state index contributed by atoms with van der Waals surface area (Å²) >= 11 is 0. The number of ketones is 1. The summed E-state index contributed by atoms with van der Waals surface area (Å²) in [7, 11) is 0. The number of nitrogens with zero attached hydrogens (tertiary/aromatic N) is 1. The van der Waals surface area contributed by atoms with Crippen molar-refractivity contribution in [2.24, 2.45) is 0 Å². The molecule has 0 atom stereocenters. The van der Waals surface area contributed by atoms with Crippen LogP contribution in [0.3, 0.4) is 0 Å². The van der Waals surface area contributed by atoms with Crippen molar-refractivity contribution in [3.8, 4) is 0 Å². The predicted molar refractivity (Wildman–Crippen MR) is 62.9 cm³/mol. The average molecular weight is 213 g/mol. The predicted octanol–water partition coefficient (Wildman–Crippen LogP) is 3.25. The quantitative estimate of drug-likeness (QED) is 0.656. The Morgan fingerprint density at radius 3 is 2.25 bits per heavy atom. The molecule has 0 saturated heterocycles. The minimum atomic E-state index is -0.443. The van der Waals surface area contributed by atoms with Crippen molar-refractivity contribution in [2.75, 3.05) is 0 Å². The van der Waals surface area contributed by atoms with Gasteiger partial charge in [0.05, 0.1) is 0 Å². The number of aryl methyl sites for hydroxylation is 1. The molecule has 2 nitrogen and oxygen atoms in total. The summed E-state index contributed by atoms with van der Waals surface area (Å²) in [6, 6.07) is 8.14. The number of Topliss-reactive ketones (excluding diaryl/α,β-unsaturated/α-hetero) is 1. The van der Waals surface area contributed by atoms with Crippen LogP contribution in [0.25, 0.3) is 4.85 Å². The minimum absolute atomic E-state index is 0.298. The number of hydrogen-bond donors (Lipinski definition) is 0. The summed E-state index contributed by atoms with van der Waals surface area (Å²) in [6.45, 7) is 9.46. The monoisotopic (exact) mass is 213 g/mol. The van der Waals surface area contributed by atoms with Gasteiger partial charge in [-0.25, -0.2) is 6.57 Å². The molecule has 0 aliphatic heterocycles. The zero-order valence-electron chi connectivity index (χ0n) is 9.49. The minimum Gasteiger partial charge on any atom is -0.305 e. The molecule has 0 aromatic heterocycles. The van der Waals surface area contributed by atoms with Gasteiger partial charge in [0.15, 0.2) is 0 Å². The van der Waals surface area contributed by atoms with E-state index in [2.05, 4.69) is 4.85 Å². The van der Waals surface area contributed by atoms with Crippen LogP contribution in [0.15, 0.2) is 24.3 Å². The topological polar surface area (TPSA) is 21.4 Å². The van der Waals surface area contributed by atoms with E-state index in [1.54, 1.807) is 0 Å². The average Bonchev–Trinajstić information content (AvgIpc) is 2.32. The summed E-state index contributed by atoms with van der Waals surface area (Å²) in [4.78, 5) is 15.1. The lowest BCUT2D eigenvalue weighted by Crippen LogP contribution is -2.28. The van der Waals surface area contributed by atoms with Crippen molar-refractivity contribution < 1.29 is 4.79 Å². The van der Waals surface area contributed by atoms with Crippen molar-refractivity contribution in [3.63, 3.8) is 0 Å². The molecule has 0 unspecified atom stereocenters. The summed E-state index contributed by atoms with van der Waals surface area (Å²) in [5.74, 6) is 0.298. The maximum atomic E-state index is 11.2. The maximum absolute atomic E-state index is 11.2. The first-order valence-electron chi connectivity index (χ1n) is 5.64. The van der Waals surface area contributed by atoms with Gasteiger partial charge in [0.1, 0.15) is 5.78 Å². The van der Waals surface area contributed by atoms with E-state index >= 15 is 0 Å². The Labute approximate surface area is 96.1 Å². The third-order valence-electron chi connectivity index (χ3n) is 3.44. The Bertz CT molecular complexity index is 429. The van der Waals surface area contributed by atoms with Crippen molar-refractivity contribution in [1.29, 1.82) is 0 Å². The van der Waals surface area contributed by atoms with Gasteiger partial charge in [0.2, 0.25) is 0 Å². The first-order chi connectivity index (χ1) is 7.66. The molecule has 0 heterocycles. The first kappa shape index (κ1) is 10.9. The van der Waals surface area contributed by atoms with E-state index in [4.69, 9.17) is 6.57 Å². The molecule has 2 rings (SSSR count). The van der Waals surface area contributed by atoms with Crippen LogP contribution in [0.5, 0.6) is 0 Å². The van der Waals surface area contributed by atoms with Gasteiger partial charge in [-0.3, -0.25) is 4.79 Å². The Balaban J connectivity index is 2.32. The molecule has 0 bridgehead atoms. The van der Waals surface area contributed by atoms with Gasteiger partial charge < -0.3 is 4.85 Å². The Morgan fingerprint density at radius 2 is 1.75 bits per heavy atom. The molecule has 1 fully saturated rings. The number of benzene rings is 1. The van der Waals surface area contributed by atoms with Crippen LogP contribution >= 0.6 is 0 Å². The van der Waals surface area contributed by atoms with Crippen LogP contribution in [0.2, 0.25) is 0 Å². The molecule has 1 aromatic rings. The van der Waals surface area contributed by atoms with Crippen molar-refractivity contribution in [3.05, 3.63) is 46.8 Å². The molecule has 0 radical (unpaired) electrons. The molecular weight excluding hydrogens is 198 g/mol. The summed E-state index contributed by atoms with van der Waals surface area (Å²) in [5.41, 5.74) is 1.83. The van der Waals surface area contributed by atoms with Crippen molar-refractivity contribution >= 4 is 5.78 Å². The summed E-state index contributed by atoms with van der Waals surface area (Å²) in [6.07, 6.45) is 2.46. The van der Waals surface area contributed by atoms with Gasteiger partial charge >= 0.3 is 0 Å². The highest BCUT2D eigenvalue weighted by Gasteiger charge is 2.42. The van der Waals surface area contributed by atoms with Crippen LogP contribution < -0.4 is 0 Å². The fourth-order valence-electron chi connectivity index (χ4n) is 2.27. The van der Waals surface area contributed by atoms with Gasteiger partial charge in [-0.2, -0.15) is 0 Å². The van der Waals surface area contributed by atoms with E-state index in [0.717, 1.165) is 5.56 Å². The molecule has 0 N–H and O–H groups in total. The van der Waals surface area contributed by atoms with E-state index in [-0.39, 0.29) is 0 Å². The standard InChI is InChI=1S/C14H15NO/c1-11-3-5-12(6-4-11)14(15-2)9-7-13(16)8-10-14/h3-6H,7-10H2,1H3. The zero-order valence-corrected chi connectivity index (χ0v) is 9.49. The number of carbonyl (C=O) groups excluding carboxylic acids is 1. The lowest BCUT2D eigenvalue weighted by molar-refractivity contribution is -0.121. The number of carbonyl (C=O) groups is 1. The van der Waals surface area contributed by atoms with E-state index < -0.39 is 5.54 Å². The van der Waals surface area contributed by atoms with Crippen LogP contribution in [0.1, 0.15) is 36.8 Å². The van der Waals surface area contributed by atoms with E-state index in [9.17, 15) is 4.79 Å². The Kier molecular flexibility index (Phi) is 2.78. The zero-order chi connectivity index (χ0) is 11.6. The second-order valence-electron chi connectivity index (χ2n) is 4.55. The highest BCUT2D eigenvalue weighted by Crippen LogP contribution is 2.39. The highest BCUT2D eigenvalue weighted by atomic mass is 16.1. The van der Waals surface area contributed by atoms with Crippen LogP contribution in [0.4, 0.5) is 0 Å². The third kappa shape index (κ3) is 1.86. The van der Waals surface area contributed by atoms with Gasteiger partial charge in [0, 0.05) is 31.2 Å². The molecule has 0 spiro atoms. The second-order valence-corrected chi connectivity index (χ2v) is 4.55. The summed E-state index contributed by atoms with van der Waals surface area (Å²) < 4.78 is 0. The van der Waals surface area contributed by atoms with Crippen LogP contribution in [-0.4, -0.2) is 5.78 Å². The molecule has 16 heavy (non-hydrogen) atoms. The van der Waals surface area contributed by atoms with Gasteiger partial charge in [-0.1, -0.05) is 29.8 Å². The number of rotatable bonds is 1. The van der Waals surface area contributed by atoms with Gasteiger partial charge in [-0.05, 0) is 6.92 Å². The maximum Gasteiger partial charge on any atom is 0.258 e. The molecule has 1 saturated carbocycles. The molecule has 2 heteroatoms. The SMILES string of the molecule is [C-]#[N+]C1(c2ccc(C)cc2)CCC(=O)CC1. The summed E-state index contributed by atoms with van der Waals surface area (Å²) in [5, 5.41) is 0. The fraction of sp³-hybridized carbons (Fsp3) is 0.429. The lowest BCUT2D eigenvalue weighted by atomic mass is 9.77. The first-order valence-corrected chi connectivity index (χ1v) is 5.64. The van der Waals surface area contributed by atoms with Crippen molar-refractivity contribution in [2.45, 2.75) is 38.1 Å². The molecule has 82 valence electrons. The largest absolute Gasteiger partial charge is 0.305 e. The molecular formula is C14H15NO. The Morgan fingerprint density at radius 1 is 1.19 bits per heavy atom. The van der Waals surface area contributed by atoms with Crippen LogP contribution in [-0.2, 0) is 10.3 Å². The second kappa shape index (κ2) is 4.09. The molecule has 1 aliphatic rings. The fourth-order valence-corrected chi connectivity index (χ4v) is 2.27. The number of hydrogen-bond acceptors (Lipinski definition) is 1. The molecule has 1 aromatic carbocycles. The molecule has 0 amide bonds. The molecule has 1 aliphatic carbocycles. The lowest BCUT2D eigenvalue weighted by Gasteiger charge is -2.25. The normalized spacial score (nSPS) is 19.1. The van der Waals surface area contributed by atoms with Gasteiger partial charge in [-0.15, -0.1) is 0 Å².